The molecular formula is C8H7F5N2O4. The quantitative estimate of drug-likeness (QED) is 0.677. The van der Waals surface area contributed by atoms with Crippen molar-refractivity contribution in [2.45, 2.75) is 18.1 Å². The van der Waals surface area contributed by atoms with E-state index in [1.165, 1.54) is 0 Å². The normalized spacial score (nSPS) is 21.0. The molecule has 0 bridgehead atoms. The molecule has 1 fully saturated rings. The molecule has 0 aromatic rings. The molecule has 6 nitrogen and oxygen atoms in total. The van der Waals surface area contributed by atoms with Crippen LogP contribution in [-0.4, -0.2) is 59.0 Å². The molecule has 1 saturated heterocycles. The molecule has 1 unspecified atom stereocenters. The van der Waals surface area contributed by atoms with E-state index in [9.17, 15) is 36.3 Å². The van der Waals surface area contributed by atoms with Crippen LogP contribution < -0.4 is 5.32 Å². The average molecular weight is 290 g/mol. The molecule has 0 aromatic carbocycles. The summed E-state index contributed by atoms with van der Waals surface area (Å²) in [6.07, 6.45) is -6.17. The number of alkyl halides is 5. The number of carboxylic acids is 1. The Hall–Kier alpha value is -1.94. The SMILES string of the molecule is O=C1CN(C(=O)C(F)(F)C(F)(F)F)C(C(=O)O)CN1. The van der Waals surface area contributed by atoms with E-state index in [4.69, 9.17) is 5.11 Å². The van der Waals surface area contributed by atoms with Crippen LogP contribution in [0.25, 0.3) is 0 Å². The van der Waals surface area contributed by atoms with Crippen molar-refractivity contribution in [1.82, 2.24) is 10.2 Å². The lowest BCUT2D eigenvalue weighted by Crippen LogP contribution is -2.64. The van der Waals surface area contributed by atoms with E-state index in [0.29, 0.717) is 0 Å². The van der Waals surface area contributed by atoms with Gasteiger partial charge in [-0.1, -0.05) is 0 Å². The first-order valence-corrected chi connectivity index (χ1v) is 4.73. The van der Waals surface area contributed by atoms with E-state index in [0.717, 1.165) is 0 Å². The fourth-order valence-corrected chi connectivity index (χ4v) is 1.38. The molecule has 1 atom stereocenters. The standard InChI is InChI=1S/C8H7F5N2O4/c9-7(10,8(11,12)13)6(19)15-2-4(16)14-1-3(15)5(17)18/h3H,1-2H2,(H,14,16)(H,17,18). The third-order valence-electron chi connectivity index (χ3n) is 2.35. The molecule has 1 aliphatic heterocycles. The van der Waals surface area contributed by atoms with Crippen LogP contribution in [0, 0.1) is 0 Å². The molecule has 108 valence electrons. The van der Waals surface area contributed by atoms with Crippen LogP contribution >= 0.6 is 0 Å². The molecule has 1 rings (SSSR count). The topological polar surface area (TPSA) is 86.7 Å². The number of hydrogen-bond acceptors (Lipinski definition) is 3. The summed E-state index contributed by atoms with van der Waals surface area (Å²) in [7, 11) is 0. The fourth-order valence-electron chi connectivity index (χ4n) is 1.38. The van der Waals surface area contributed by atoms with Gasteiger partial charge in [0.25, 0.3) is 0 Å². The molecule has 0 aliphatic carbocycles. The van der Waals surface area contributed by atoms with E-state index in [-0.39, 0.29) is 4.90 Å². The molecule has 11 heteroatoms. The van der Waals surface area contributed by atoms with Crippen molar-refractivity contribution >= 4 is 17.8 Å². The van der Waals surface area contributed by atoms with E-state index in [2.05, 4.69) is 0 Å². The van der Waals surface area contributed by atoms with Crippen molar-refractivity contribution in [1.29, 1.82) is 0 Å². The predicted octanol–water partition coefficient (Wildman–Crippen LogP) is -0.404. The number of carboxylic acid groups (broad SMARTS) is 1. The number of amides is 2. The molecule has 2 N–H and O–H groups in total. The van der Waals surface area contributed by atoms with Gasteiger partial charge in [0.05, 0.1) is 0 Å². The minimum atomic E-state index is -6.17. The van der Waals surface area contributed by atoms with Crippen molar-refractivity contribution in [3.8, 4) is 0 Å². The lowest BCUT2D eigenvalue weighted by Gasteiger charge is -2.35. The maximum absolute atomic E-state index is 12.8. The second kappa shape index (κ2) is 4.63. The van der Waals surface area contributed by atoms with Crippen molar-refractivity contribution < 1.29 is 41.4 Å². The van der Waals surface area contributed by atoms with E-state index in [1.54, 1.807) is 0 Å². The van der Waals surface area contributed by atoms with Crippen molar-refractivity contribution in [2.75, 3.05) is 13.1 Å². The molecule has 1 aliphatic rings. The van der Waals surface area contributed by atoms with Crippen LogP contribution in [0.15, 0.2) is 0 Å². The highest BCUT2D eigenvalue weighted by molar-refractivity contribution is 5.94. The number of nitrogens with one attached hydrogen (secondary N) is 1. The lowest BCUT2D eigenvalue weighted by atomic mass is 10.1. The van der Waals surface area contributed by atoms with E-state index in [1.807, 2.05) is 5.32 Å². The molecular weight excluding hydrogens is 283 g/mol. The second-order valence-corrected chi connectivity index (χ2v) is 3.66. The summed E-state index contributed by atoms with van der Waals surface area (Å²) in [6, 6.07) is -1.97. The molecule has 2 amide bonds. The minimum absolute atomic E-state index is 0.297. The maximum atomic E-state index is 12.8. The first-order chi connectivity index (χ1) is 8.48. The Morgan fingerprint density at radius 2 is 1.79 bits per heavy atom. The Labute approximate surface area is 102 Å². The number of carbonyl (C=O) groups is 3. The van der Waals surface area contributed by atoms with Gasteiger partial charge in [-0.05, 0) is 0 Å². The van der Waals surface area contributed by atoms with Gasteiger partial charge in [-0.15, -0.1) is 0 Å². The van der Waals surface area contributed by atoms with Gasteiger partial charge < -0.3 is 15.3 Å². The molecule has 1 heterocycles. The van der Waals surface area contributed by atoms with Crippen LogP contribution in [0.5, 0.6) is 0 Å². The maximum Gasteiger partial charge on any atom is 0.463 e. The summed E-state index contributed by atoms with van der Waals surface area (Å²) in [5.41, 5.74) is 0. The zero-order valence-electron chi connectivity index (χ0n) is 9.00. The third-order valence-corrected chi connectivity index (χ3v) is 2.35. The molecule has 0 spiro atoms. The first kappa shape index (κ1) is 15.1. The molecule has 0 radical (unpaired) electrons. The van der Waals surface area contributed by atoms with Gasteiger partial charge in [-0.3, -0.25) is 9.59 Å². The average Bonchev–Trinajstić information content (AvgIpc) is 2.25. The fraction of sp³-hybridized carbons (Fsp3) is 0.625. The summed E-state index contributed by atoms with van der Waals surface area (Å²) in [6.45, 7) is -1.92. The number of rotatable bonds is 2. The highest BCUT2D eigenvalue weighted by Crippen LogP contribution is 2.37. The highest BCUT2D eigenvalue weighted by Gasteiger charge is 2.65. The monoisotopic (exact) mass is 290 g/mol. The number of aliphatic carboxylic acids is 1. The van der Waals surface area contributed by atoms with Gasteiger partial charge in [0, 0.05) is 6.54 Å². The van der Waals surface area contributed by atoms with Gasteiger partial charge in [0.2, 0.25) is 5.91 Å². The number of halogens is 5. The van der Waals surface area contributed by atoms with E-state index < -0.39 is 49.0 Å². The van der Waals surface area contributed by atoms with Gasteiger partial charge >= 0.3 is 24.0 Å². The Kier molecular flexibility index (Phi) is 3.68. The zero-order valence-corrected chi connectivity index (χ0v) is 9.00. The summed E-state index contributed by atoms with van der Waals surface area (Å²) >= 11 is 0. The zero-order chi connectivity index (χ0) is 15.0. The van der Waals surface area contributed by atoms with Crippen molar-refractivity contribution in [3.05, 3.63) is 0 Å². The molecule has 0 aromatic heterocycles. The smallest absolute Gasteiger partial charge is 0.463 e. The number of piperazine rings is 1. The lowest BCUT2D eigenvalue weighted by molar-refractivity contribution is -0.275. The summed E-state index contributed by atoms with van der Waals surface area (Å²) in [5.74, 6) is -11.3. The van der Waals surface area contributed by atoms with Gasteiger partial charge in [-0.25, -0.2) is 4.79 Å². The second-order valence-electron chi connectivity index (χ2n) is 3.66. The van der Waals surface area contributed by atoms with Crippen LogP contribution in [0.3, 0.4) is 0 Å². The predicted molar refractivity (Wildman–Crippen MR) is 47.1 cm³/mol. The Morgan fingerprint density at radius 1 is 1.26 bits per heavy atom. The Balaban J connectivity index is 3.07. The van der Waals surface area contributed by atoms with Crippen LogP contribution in [0.1, 0.15) is 0 Å². The largest absolute Gasteiger partial charge is 0.480 e. The van der Waals surface area contributed by atoms with E-state index >= 15 is 0 Å². The Morgan fingerprint density at radius 3 is 2.21 bits per heavy atom. The van der Waals surface area contributed by atoms with Crippen LogP contribution in [0.4, 0.5) is 22.0 Å². The Bertz CT molecular complexity index is 422. The molecule has 0 saturated carbocycles. The summed E-state index contributed by atoms with van der Waals surface area (Å²) < 4.78 is 61.7. The van der Waals surface area contributed by atoms with Gasteiger partial charge in [0.15, 0.2) is 0 Å². The van der Waals surface area contributed by atoms with Gasteiger partial charge in [0.1, 0.15) is 12.6 Å². The van der Waals surface area contributed by atoms with Crippen LogP contribution in [-0.2, 0) is 14.4 Å². The number of nitrogens with zero attached hydrogens (tertiary/aromatic N) is 1. The van der Waals surface area contributed by atoms with Gasteiger partial charge in [-0.2, -0.15) is 22.0 Å². The summed E-state index contributed by atoms with van der Waals surface area (Å²) in [4.78, 5) is 32.4. The van der Waals surface area contributed by atoms with Crippen molar-refractivity contribution in [2.24, 2.45) is 0 Å². The first-order valence-electron chi connectivity index (χ1n) is 4.73. The summed E-state index contributed by atoms with van der Waals surface area (Å²) in [5, 5.41) is 10.6. The molecule has 19 heavy (non-hydrogen) atoms. The number of carbonyl (C=O) groups excluding carboxylic acids is 2. The van der Waals surface area contributed by atoms with Crippen molar-refractivity contribution in [3.63, 3.8) is 0 Å². The van der Waals surface area contributed by atoms with Crippen LogP contribution in [0.2, 0.25) is 0 Å². The number of hydrogen-bond donors (Lipinski definition) is 2. The minimum Gasteiger partial charge on any atom is -0.480 e. The third kappa shape index (κ3) is 2.74. The highest BCUT2D eigenvalue weighted by atomic mass is 19.4.